The molecule has 0 amide bonds. The van der Waals surface area contributed by atoms with Crippen LogP contribution in [0.15, 0.2) is 137 Å². The quantitative estimate of drug-likeness (QED) is 0.236. The SMILES string of the molecule is N#CC1=C(n2c3ccccc3c3ccccc32)C(c2ccc3oc4ccccc4c3c2)CC(c2ccccc2)=C1. The van der Waals surface area contributed by atoms with Gasteiger partial charge in [0.1, 0.15) is 17.2 Å². The third-order valence-corrected chi connectivity index (χ3v) is 8.24. The van der Waals surface area contributed by atoms with Gasteiger partial charge >= 0.3 is 0 Å². The Labute approximate surface area is 231 Å². The smallest absolute Gasteiger partial charge is 0.135 e. The fourth-order valence-corrected chi connectivity index (χ4v) is 6.45. The fraction of sp³-hybridized carbons (Fsp3) is 0.0541. The van der Waals surface area contributed by atoms with E-state index in [-0.39, 0.29) is 5.92 Å². The van der Waals surface area contributed by atoms with Gasteiger partial charge in [-0.25, -0.2) is 0 Å². The number of rotatable bonds is 3. The summed E-state index contributed by atoms with van der Waals surface area (Å²) in [6.45, 7) is 0. The van der Waals surface area contributed by atoms with Crippen LogP contribution in [0.1, 0.15) is 23.5 Å². The molecule has 2 aromatic heterocycles. The number of hydrogen-bond donors (Lipinski definition) is 0. The highest BCUT2D eigenvalue weighted by atomic mass is 16.3. The molecule has 1 atom stereocenters. The van der Waals surface area contributed by atoms with Gasteiger partial charge in [-0.2, -0.15) is 5.26 Å². The maximum atomic E-state index is 10.6. The van der Waals surface area contributed by atoms with Gasteiger partial charge < -0.3 is 8.98 Å². The van der Waals surface area contributed by atoms with E-state index in [4.69, 9.17) is 4.42 Å². The van der Waals surface area contributed by atoms with Crippen molar-refractivity contribution in [3.63, 3.8) is 0 Å². The van der Waals surface area contributed by atoms with Crippen molar-refractivity contribution in [1.29, 1.82) is 5.26 Å². The molecule has 5 aromatic carbocycles. The molecule has 0 aliphatic heterocycles. The lowest BCUT2D eigenvalue weighted by atomic mass is 9.80. The van der Waals surface area contributed by atoms with Crippen LogP contribution in [0, 0.1) is 11.3 Å². The van der Waals surface area contributed by atoms with Crippen LogP contribution in [0.5, 0.6) is 0 Å². The standard InChI is InChI=1S/C37H24N2O/c38-23-27-20-26(24-10-2-1-3-11-24)22-31(25-18-19-36-32(21-25)30-14-6-9-17-35(30)40-36)37(27)39-33-15-7-4-12-28(33)29-13-5-8-16-34(29)39/h1-21,31H,22H2. The van der Waals surface area contributed by atoms with E-state index in [0.29, 0.717) is 5.57 Å². The molecule has 1 aliphatic rings. The lowest BCUT2D eigenvalue weighted by molar-refractivity contribution is 0.668. The Morgan fingerprint density at radius 2 is 1.27 bits per heavy atom. The number of fused-ring (bicyclic) bond motifs is 6. The summed E-state index contributed by atoms with van der Waals surface area (Å²) in [5, 5.41) is 15.2. The molecule has 0 N–H and O–H groups in total. The Kier molecular flexibility index (Phi) is 5.02. The van der Waals surface area contributed by atoms with Gasteiger partial charge in [0.15, 0.2) is 0 Å². The summed E-state index contributed by atoms with van der Waals surface area (Å²) >= 11 is 0. The predicted molar refractivity (Wildman–Crippen MR) is 164 cm³/mol. The second-order valence-electron chi connectivity index (χ2n) is 10.4. The molecule has 0 spiro atoms. The number of furan rings is 1. The second-order valence-corrected chi connectivity index (χ2v) is 10.4. The average molecular weight is 513 g/mol. The number of nitriles is 1. The third kappa shape index (κ3) is 3.37. The molecule has 188 valence electrons. The van der Waals surface area contributed by atoms with Crippen molar-refractivity contribution in [1.82, 2.24) is 4.57 Å². The van der Waals surface area contributed by atoms with Crippen molar-refractivity contribution in [3.05, 3.63) is 144 Å². The van der Waals surface area contributed by atoms with Crippen molar-refractivity contribution >= 4 is 55.0 Å². The van der Waals surface area contributed by atoms with Gasteiger partial charge in [0.05, 0.1) is 16.6 Å². The minimum Gasteiger partial charge on any atom is -0.456 e. The first-order chi connectivity index (χ1) is 19.8. The van der Waals surface area contributed by atoms with Gasteiger partial charge in [0.2, 0.25) is 0 Å². The van der Waals surface area contributed by atoms with Crippen LogP contribution in [-0.4, -0.2) is 4.57 Å². The van der Waals surface area contributed by atoms with E-state index >= 15 is 0 Å². The Morgan fingerprint density at radius 1 is 0.650 bits per heavy atom. The van der Waals surface area contributed by atoms with Gasteiger partial charge in [-0.05, 0) is 59.5 Å². The maximum Gasteiger partial charge on any atom is 0.135 e. The largest absolute Gasteiger partial charge is 0.456 e. The summed E-state index contributed by atoms with van der Waals surface area (Å²) in [5.41, 5.74) is 9.20. The minimum absolute atomic E-state index is 0.0351. The molecule has 1 unspecified atom stereocenters. The number of allylic oxidation sites excluding steroid dienone is 4. The molecule has 3 heteroatoms. The Morgan fingerprint density at radius 3 is 2.00 bits per heavy atom. The van der Waals surface area contributed by atoms with Crippen LogP contribution in [0.4, 0.5) is 0 Å². The van der Waals surface area contributed by atoms with Crippen molar-refractivity contribution < 1.29 is 4.42 Å². The lowest BCUT2D eigenvalue weighted by Crippen LogP contribution is -2.15. The van der Waals surface area contributed by atoms with Crippen molar-refractivity contribution in [2.45, 2.75) is 12.3 Å². The van der Waals surface area contributed by atoms with E-state index in [1.807, 2.05) is 18.2 Å². The molecule has 8 rings (SSSR count). The number of benzene rings is 5. The molecule has 0 radical (unpaired) electrons. The van der Waals surface area contributed by atoms with Crippen LogP contribution in [0.2, 0.25) is 0 Å². The number of para-hydroxylation sites is 3. The normalized spacial score (nSPS) is 15.7. The highest BCUT2D eigenvalue weighted by molar-refractivity contribution is 6.11. The van der Waals surface area contributed by atoms with Crippen LogP contribution < -0.4 is 0 Å². The molecule has 3 nitrogen and oxygen atoms in total. The summed E-state index contributed by atoms with van der Waals surface area (Å²) in [6, 6.07) is 44.8. The lowest BCUT2D eigenvalue weighted by Gasteiger charge is -2.29. The topological polar surface area (TPSA) is 41.9 Å². The van der Waals surface area contributed by atoms with Gasteiger partial charge in [0, 0.05) is 33.2 Å². The van der Waals surface area contributed by atoms with Crippen LogP contribution in [0.25, 0.3) is 55.0 Å². The second kappa shape index (κ2) is 8.86. The van der Waals surface area contributed by atoms with Crippen molar-refractivity contribution in [2.75, 3.05) is 0 Å². The Bertz CT molecular complexity index is 2150. The molecule has 7 aromatic rings. The molecule has 0 saturated carbocycles. The molecular weight excluding hydrogens is 488 g/mol. The van der Waals surface area contributed by atoms with E-state index in [2.05, 4.69) is 120 Å². The molecule has 0 bridgehead atoms. The van der Waals surface area contributed by atoms with Gasteiger partial charge in [0.25, 0.3) is 0 Å². The summed E-state index contributed by atoms with van der Waals surface area (Å²) in [4.78, 5) is 0. The zero-order valence-corrected chi connectivity index (χ0v) is 21.7. The van der Waals surface area contributed by atoms with E-state index in [0.717, 1.165) is 50.7 Å². The molecule has 1 aliphatic carbocycles. The van der Waals surface area contributed by atoms with E-state index < -0.39 is 0 Å². The van der Waals surface area contributed by atoms with Gasteiger partial charge in [-0.3, -0.25) is 0 Å². The molecule has 40 heavy (non-hydrogen) atoms. The fourth-order valence-electron chi connectivity index (χ4n) is 6.45. The Hall–Kier alpha value is -5.33. The van der Waals surface area contributed by atoms with Gasteiger partial charge in [-0.1, -0.05) is 91.0 Å². The first-order valence-corrected chi connectivity index (χ1v) is 13.6. The molecule has 2 heterocycles. The monoisotopic (exact) mass is 512 g/mol. The highest BCUT2D eigenvalue weighted by Crippen LogP contribution is 2.47. The minimum atomic E-state index is -0.0351. The summed E-state index contributed by atoms with van der Waals surface area (Å²) in [6.07, 6.45) is 2.88. The number of aromatic nitrogens is 1. The van der Waals surface area contributed by atoms with E-state index in [1.54, 1.807) is 0 Å². The summed E-state index contributed by atoms with van der Waals surface area (Å²) in [7, 11) is 0. The first-order valence-electron chi connectivity index (χ1n) is 13.6. The van der Waals surface area contributed by atoms with Crippen LogP contribution in [-0.2, 0) is 0 Å². The number of hydrogen-bond acceptors (Lipinski definition) is 2. The van der Waals surface area contributed by atoms with E-state index in [1.165, 1.54) is 21.9 Å². The zero-order chi connectivity index (χ0) is 26.6. The predicted octanol–water partition coefficient (Wildman–Crippen LogP) is 9.70. The highest BCUT2D eigenvalue weighted by Gasteiger charge is 2.30. The number of nitrogens with zero attached hydrogens (tertiary/aromatic N) is 2. The van der Waals surface area contributed by atoms with Crippen molar-refractivity contribution in [3.8, 4) is 6.07 Å². The van der Waals surface area contributed by atoms with Crippen LogP contribution in [0.3, 0.4) is 0 Å². The maximum absolute atomic E-state index is 10.6. The van der Waals surface area contributed by atoms with Crippen molar-refractivity contribution in [2.24, 2.45) is 0 Å². The summed E-state index contributed by atoms with van der Waals surface area (Å²) in [5.74, 6) is -0.0351. The molecular formula is C37H24N2O. The van der Waals surface area contributed by atoms with E-state index in [9.17, 15) is 5.26 Å². The first kappa shape index (κ1) is 22.6. The summed E-state index contributed by atoms with van der Waals surface area (Å²) < 4.78 is 8.48. The Balaban J connectivity index is 1.44. The molecule has 0 fully saturated rings. The average Bonchev–Trinajstić information content (AvgIpc) is 3.56. The molecule has 0 saturated heterocycles. The third-order valence-electron chi connectivity index (χ3n) is 8.24. The van der Waals surface area contributed by atoms with Crippen LogP contribution >= 0.6 is 0 Å². The van der Waals surface area contributed by atoms with Gasteiger partial charge in [-0.15, -0.1) is 0 Å². The zero-order valence-electron chi connectivity index (χ0n) is 21.7.